The van der Waals surface area contributed by atoms with Gasteiger partial charge in [0.05, 0.1) is 27.8 Å². The molecule has 0 N–H and O–H groups in total. The minimum Gasteiger partial charge on any atom is -0.309 e. The summed E-state index contributed by atoms with van der Waals surface area (Å²) < 4.78 is 4.83. The molecule has 9 rings (SSSR count). The Labute approximate surface area is 229 Å². The average molecular weight is 515 g/mol. The van der Waals surface area contributed by atoms with E-state index in [1.54, 1.807) is 0 Å². The van der Waals surface area contributed by atoms with Gasteiger partial charge in [-0.3, -0.25) is 0 Å². The van der Waals surface area contributed by atoms with Crippen LogP contribution in [0.25, 0.3) is 66.1 Å². The van der Waals surface area contributed by atoms with E-state index in [0.717, 1.165) is 0 Å². The van der Waals surface area contributed by atoms with Crippen LogP contribution in [0.1, 0.15) is 0 Å². The standard InChI is InChI=1S/C36H22N2S/c1-2-10-25(11-3-1)37-30-14-6-4-12-26(30)28-20-23(18-19-32(28)37)24-21-29-27-13-5-7-15-31(27)38-33-16-8-9-17-34(33)39-35(22-24)36(29)38/h1-22H. The molecule has 39 heavy (non-hydrogen) atoms. The summed E-state index contributed by atoms with van der Waals surface area (Å²) in [5.74, 6) is 0. The molecule has 0 spiro atoms. The zero-order chi connectivity index (χ0) is 25.5. The number of hydrogen-bond donors (Lipinski definition) is 0. The molecule has 0 saturated heterocycles. The molecule has 1 aliphatic rings. The molecular weight excluding hydrogens is 492 g/mol. The summed E-state index contributed by atoms with van der Waals surface area (Å²) >= 11 is 1.88. The van der Waals surface area contributed by atoms with Crippen LogP contribution in [0.4, 0.5) is 0 Å². The van der Waals surface area contributed by atoms with Gasteiger partial charge in [-0.05, 0) is 71.8 Å². The van der Waals surface area contributed by atoms with Crippen molar-refractivity contribution in [3.05, 3.63) is 133 Å². The second kappa shape index (κ2) is 7.89. The van der Waals surface area contributed by atoms with Gasteiger partial charge in [-0.2, -0.15) is 0 Å². The molecule has 8 aromatic rings. The molecule has 1 aliphatic heterocycles. The van der Waals surface area contributed by atoms with Crippen LogP contribution < -0.4 is 0 Å². The molecule has 0 aliphatic carbocycles. The lowest BCUT2D eigenvalue weighted by Gasteiger charge is -2.20. The van der Waals surface area contributed by atoms with Crippen molar-refractivity contribution in [2.75, 3.05) is 0 Å². The minimum atomic E-state index is 1.19. The Kier molecular flexibility index (Phi) is 4.29. The van der Waals surface area contributed by atoms with E-state index in [1.807, 2.05) is 11.8 Å². The lowest BCUT2D eigenvalue weighted by atomic mass is 10.0. The van der Waals surface area contributed by atoms with E-state index < -0.39 is 0 Å². The second-order valence-electron chi connectivity index (χ2n) is 10.2. The van der Waals surface area contributed by atoms with E-state index in [4.69, 9.17) is 0 Å². The fraction of sp³-hybridized carbons (Fsp3) is 0. The Morgan fingerprint density at radius 2 is 1.05 bits per heavy atom. The third-order valence-electron chi connectivity index (χ3n) is 8.08. The number of para-hydroxylation sites is 4. The van der Waals surface area contributed by atoms with Crippen LogP contribution in [0.3, 0.4) is 0 Å². The molecule has 0 atom stereocenters. The quantitative estimate of drug-likeness (QED) is 0.223. The van der Waals surface area contributed by atoms with Gasteiger partial charge >= 0.3 is 0 Å². The molecule has 0 bridgehead atoms. The van der Waals surface area contributed by atoms with Crippen molar-refractivity contribution in [2.45, 2.75) is 9.79 Å². The normalized spacial score (nSPS) is 12.5. The highest BCUT2D eigenvalue weighted by Crippen LogP contribution is 2.48. The van der Waals surface area contributed by atoms with Crippen molar-refractivity contribution in [1.29, 1.82) is 0 Å². The summed E-state index contributed by atoms with van der Waals surface area (Å²) in [6, 6.07) is 48.7. The molecule has 0 unspecified atom stereocenters. The van der Waals surface area contributed by atoms with Gasteiger partial charge in [0, 0.05) is 37.0 Å². The predicted octanol–water partition coefficient (Wildman–Crippen LogP) is 10.0. The SMILES string of the molecule is c1ccc(-n2c3ccccc3c3cc(-c4cc5c6c(c4)c4ccccc4n6-c4ccccc4S5)ccc32)cc1. The maximum Gasteiger partial charge on any atom is 0.0681 e. The number of aromatic nitrogens is 2. The zero-order valence-electron chi connectivity index (χ0n) is 21.0. The Morgan fingerprint density at radius 3 is 1.90 bits per heavy atom. The molecule has 3 heterocycles. The van der Waals surface area contributed by atoms with Crippen molar-refractivity contribution >= 4 is 55.4 Å². The third-order valence-corrected chi connectivity index (χ3v) is 9.18. The maximum absolute atomic E-state index is 2.45. The van der Waals surface area contributed by atoms with Gasteiger partial charge < -0.3 is 9.13 Å². The largest absolute Gasteiger partial charge is 0.309 e. The first kappa shape index (κ1) is 21.2. The number of fused-ring (bicyclic) bond motifs is 8. The fourth-order valence-corrected chi connectivity index (χ4v) is 7.54. The molecule has 0 radical (unpaired) electrons. The zero-order valence-corrected chi connectivity index (χ0v) is 21.8. The number of hydrogen-bond acceptors (Lipinski definition) is 1. The first-order valence-electron chi connectivity index (χ1n) is 13.3. The van der Waals surface area contributed by atoms with Crippen LogP contribution in [0, 0.1) is 0 Å². The molecule has 2 aromatic heterocycles. The average Bonchev–Trinajstić information content (AvgIpc) is 3.51. The van der Waals surface area contributed by atoms with Crippen molar-refractivity contribution < 1.29 is 0 Å². The first-order chi connectivity index (χ1) is 19.3. The number of rotatable bonds is 2. The maximum atomic E-state index is 2.45. The van der Waals surface area contributed by atoms with Gasteiger partial charge in [0.1, 0.15) is 0 Å². The first-order valence-corrected chi connectivity index (χ1v) is 14.1. The topological polar surface area (TPSA) is 9.86 Å². The van der Waals surface area contributed by atoms with Gasteiger partial charge in [-0.1, -0.05) is 84.6 Å². The molecular formula is C36H22N2S. The van der Waals surface area contributed by atoms with Crippen molar-refractivity contribution in [1.82, 2.24) is 9.13 Å². The van der Waals surface area contributed by atoms with Crippen molar-refractivity contribution in [3.8, 4) is 22.5 Å². The summed E-state index contributed by atoms with van der Waals surface area (Å²) in [6.45, 7) is 0. The smallest absolute Gasteiger partial charge is 0.0681 e. The van der Waals surface area contributed by atoms with Crippen molar-refractivity contribution in [3.63, 3.8) is 0 Å². The van der Waals surface area contributed by atoms with Crippen LogP contribution in [0.2, 0.25) is 0 Å². The molecule has 2 nitrogen and oxygen atoms in total. The van der Waals surface area contributed by atoms with Crippen LogP contribution >= 0.6 is 11.8 Å². The third kappa shape index (κ3) is 2.94. The minimum absolute atomic E-state index is 1.19. The molecule has 182 valence electrons. The Balaban J connectivity index is 1.33. The van der Waals surface area contributed by atoms with E-state index in [2.05, 4.69) is 143 Å². The predicted molar refractivity (Wildman–Crippen MR) is 165 cm³/mol. The molecule has 0 amide bonds. The van der Waals surface area contributed by atoms with E-state index in [0.29, 0.717) is 0 Å². The summed E-state index contributed by atoms with van der Waals surface area (Å²) in [4.78, 5) is 2.61. The monoisotopic (exact) mass is 514 g/mol. The lowest BCUT2D eigenvalue weighted by Crippen LogP contribution is -2.01. The second-order valence-corrected chi connectivity index (χ2v) is 11.3. The van der Waals surface area contributed by atoms with Crippen molar-refractivity contribution in [2.24, 2.45) is 0 Å². The molecule has 0 saturated carbocycles. The highest BCUT2D eigenvalue weighted by molar-refractivity contribution is 7.99. The summed E-state index contributed by atoms with van der Waals surface area (Å²) in [5, 5.41) is 5.17. The Hall–Kier alpha value is -4.73. The van der Waals surface area contributed by atoms with Gasteiger partial charge in [0.15, 0.2) is 0 Å². The van der Waals surface area contributed by atoms with Gasteiger partial charge in [-0.15, -0.1) is 0 Å². The summed E-state index contributed by atoms with van der Waals surface area (Å²) in [7, 11) is 0. The number of benzene rings is 6. The van der Waals surface area contributed by atoms with Gasteiger partial charge in [0.2, 0.25) is 0 Å². The van der Waals surface area contributed by atoms with E-state index in [-0.39, 0.29) is 0 Å². The molecule has 6 aromatic carbocycles. The van der Waals surface area contributed by atoms with Crippen LogP contribution in [-0.2, 0) is 0 Å². The van der Waals surface area contributed by atoms with E-state index in [9.17, 15) is 0 Å². The highest BCUT2D eigenvalue weighted by Gasteiger charge is 2.24. The molecule has 3 heteroatoms. The molecule has 0 fully saturated rings. The highest BCUT2D eigenvalue weighted by atomic mass is 32.2. The van der Waals surface area contributed by atoms with Gasteiger partial charge in [0.25, 0.3) is 0 Å². The van der Waals surface area contributed by atoms with Crippen LogP contribution in [0.5, 0.6) is 0 Å². The Bertz CT molecular complexity index is 2250. The summed E-state index contributed by atoms with van der Waals surface area (Å²) in [5.41, 5.74) is 9.99. The Morgan fingerprint density at radius 1 is 0.410 bits per heavy atom. The van der Waals surface area contributed by atoms with Crippen LogP contribution in [0.15, 0.2) is 143 Å². The lowest BCUT2D eigenvalue weighted by molar-refractivity contribution is 1.09. The number of nitrogens with zero attached hydrogens (tertiary/aromatic N) is 2. The van der Waals surface area contributed by atoms with Gasteiger partial charge in [-0.25, -0.2) is 0 Å². The van der Waals surface area contributed by atoms with Crippen LogP contribution in [-0.4, -0.2) is 9.13 Å². The summed E-state index contributed by atoms with van der Waals surface area (Å²) in [6.07, 6.45) is 0. The van der Waals surface area contributed by atoms with E-state index in [1.165, 1.54) is 75.9 Å². The fourth-order valence-electron chi connectivity index (χ4n) is 6.41. The van der Waals surface area contributed by atoms with E-state index >= 15 is 0 Å².